The smallest absolute Gasteiger partial charge is 0.0954 e. The molecule has 0 aliphatic carbocycles. The molecule has 0 spiro atoms. The summed E-state index contributed by atoms with van der Waals surface area (Å²) in [6, 6.07) is 12.4. The predicted octanol–water partition coefficient (Wildman–Crippen LogP) is 3.27. The van der Waals surface area contributed by atoms with Gasteiger partial charge in [0.1, 0.15) is 0 Å². The zero-order valence-corrected chi connectivity index (χ0v) is 10.7. The van der Waals surface area contributed by atoms with E-state index in [4.69, 9.17) is 10.5 Å². The summed E-state index contributed by atoms with van der Waals surface area (Å²) >= 11 is 1.71. The molecule has 17 heavy (non-hydrogen) atoms. The van der Waals surface area contributed by atoms with Crippen molar-refractivity contribution in [3.63, 3.8) is 0 Å². The highest BCUT2D eigenvalue weighted by molar-refractivity contribution is 7.09. The third kappa shape index (κ3) is 3.16. The van der Waals surface area contributed by atoms with Gasteiger partial charge >= 0.3 is 0 Å². The van der Waals surface area contributed by atoms with Gasteiger partial charge in [-0.2, -0.15) is 0 Å². The zero-order chi connectivity index (χ0) is 12.1. The second-order valence-corrected chi connectivity index (χ2v) is 5.00. The lowest BCUT2D eigenvalue weighted by Crippen LogP contribution is -2.16. The van der Waals surface area contributed by atoms with Crippen LogP contribution in [-0.2, 0) is 11.3 Å². The lowest BCUT2D eigenvalue weighted by Gasteiger charge is -2.18. The van der Waals surface area contributed by atoms with Gasteiger partial charge in [-0.3, -0.25) is 0 Å². The van der Waals surface area contributed by atoms with E-state index in [0.717, 1.165) is 0 Å². The lowest BCUT2D eigenvalue weighted by atomic mass is 10.0. The van der Waals surface area contributed by atoms with E-state index in [2.05, 4.69) is 30.5 Å². The molecule has 3 heteroatoms. The molecular formula is C14H17NOS. The summed E-state index contributed by atoms with van der Waals surface area (Å²) in [5.74, 6) is 0. The van der Waals surface area contributed by atoms with Crippen LogP contribution in [0, 0.1) is 6.92 Å². The third-order valence-corrected chi connectivity index (χ3v) is 3.61. The van der Waals surface area contributed by atoms with Crippen LogP contribution in [0.4, 0.5) is 0 Å². The molecule has 2 rings (SSSR count). The van der Waals surface area contributed by atoms with Crippen LogP contribution in [0.25, 0.3) is 0 Å². The minimum absolute atomic E-state index is 0.0155. The number of aryl methyl sites for hydroxylation is 1. The minimum Gasteiger partial charge on any atom is -0.367 e. The molecular weight excluding hydrogens is 230 g/mol. The van der Waals surface area contributed by atoms with E-state index < -0.39 is 0 Å². The number of ether oxygens (including phenoxy) is 1. The van der Waals surface area contributed by atoms with Crippen LogP contribution in [0.2, 0.25) is 0 Å². The van der Waals surface area contributed by atoms with Gasteiger partial charge in [0.15, 0.2) is 0 Å². The predicted molar refractivity (Wildman–Crippen MR) is 72.1 cm³/mol. The van der Waals surface area contributed by atoms with Crippen LogP contribution in [0.15, 0.2) is 41.8 Å². The largest absolute Gasteiger partial charge is 0.367 e. The second kappa shape index (κ2) is 5.96. The molecule has 0 aliphatic heterocycles. The Kier molecular flexibility index (Phi) is 4.31. The molecule has 1 aromatic heterocycles. The van der Waals surface area contributed by atoms with Gasteiger partial charge in [0.2, 0.25) is 0 Å². The lowest BCUT2D eigenvalue weighted by molar-refractivity contribution is 0.0469. The molecule has 1 unspecified atom stereocenters. The molecule has 0 saturated heterocycles. The van der Waals surface area contributed by atoms with Crippen LogP contribution >= 0.6 is 11.3 Å². The topological polar surface area (TPSA) is 35.2 Å². The molecule has 0 saturated carbocycles. The Labute approximate surface area is 106 Å². The summed E-state index contributed by atoms with van der Waals surface area (Å²) in [4.78, 5) is 1.23. The third-order valence-electron chi connectivity index (χ3n) is 2.76. The fourth-order valence-electron chi connectivity index (χ4n) is 1.81. The van der Waals surface area contributed by atoms with Crippen molar-refractivity contribution in [3.05, 3.63) is 57.8 Å². The first-order valence-corrected chi connectivity index (χ1v) is 6.59. The first-order valence-electron chi connectivity index (χ1n) is 5.71. The maximum atomic E-state index is 5.89. The number of thiophene rings is 1. The summed E-state index contributed by atoms with van der Waals surface area (Å²) in [5.41, 5.74) is 8.21. The van der Waals surface area contributed by atoms with Crippen molar-refractivity contribution in [1.29, 1.82) is 0 Å². The Balaban J connectivity index is 2.04. The van der Waals surface area contributed by atoms with Crippen LogP contribution in [0.5, 0.6) is 0 Å². The Morgan fingerprint density at radius 1 is 1.24 bits per heavy atom. The Morgan fingerprint density at radius 2 is 2.06 bits per heavy atom. The molecule has 0 fully saturated rings. The van der Waals surface area contributed by atoms with E-state index in [1.807, 2.05) is 18.2 Å². The zero-order valence-electron chi connectivity index (χ0n) is 9.93. The normalized spacial score (nSPS) is 12.6. The quantitative estimate of drug-likeness (QED) is 0.880. The molecule has 2 nitrogen and oxygen atoms in total. The molecule has 0 bridgehead atoms. The number of nitrogens with two attached hydrogens (primary N) is 1. The summed E-state index contributed by atoms with van der Waals surface area (Å²) < 4.78 is 5.89. The molecule has 2 N–H and O–H groups in total. The van der Waals surface area contributed by atoms with Crippen LogP contribution in [-0.4, -0.2) is 6.54 Å². The first kappa shape index (κ1) is 12.3. The van der Waals surface area contributed by atoms with Gasteiger partial charge in [-0.05, 0) is 29.5 Å². The van der Waals surface area contributed by atoms with E-state index in [1.165, 1.54) is 16.0 Å². The number of hydrogen-bond donors (Lipinski definition) is 1. The summed E-state index contributed by atoms with van der Waals surface area (Å²) in [6.45, 7) is 3.23. The van der Waals surface area contributed by atoms with Crippen molar-refractivity contribution in [3.8, 4) is 0 Å². The van der Waals surface area contributed by atoms with E-state index in [-0.39, 0.29) is 6.10 Å². The number of benzene rings is 1. The van der Waals surface area contributed by atoms with E-state index >= 15 is 0 Å². The summed E-state index contributed by atoms with van der Waals surface area (Å²) in [7, 11) is 0. The van der Waals surface area contributed by atoms with E-state index in [1.54, 1.807) is 11.3 Å². The molecule has 0 radical (unpaired) electrons. The van der Waals surface area contributed by atoms with Crippen LogP contribution < -0.4 is 5.73 Å². The van der Waals surface area contributed by atoms with Gasteiger partial charge in [-0.15, -0.1) is 11.3 Å². The molecule has 2 aromatic rings. The summed E-state index contributed by atoms with van der Waals surface area (Å²) in [6.07, 6.45) is -0.0155. The minimum atomic E-state index is -0.0155. The van der Waals surface area contributed by atoms with Crippen molar-refractivity contribution in [2.24, 2.45) is 5.73 Å². The fraction of sp³-hybridized carbons (Fsp3) is 0.286. The molecule has 0 amide bonds. The highest BCUT2D eigenvalue weighted by Gasteiger charge is 2.12. The second-order valence-electron chi connectivity index (χ2n) is 3.97. The van der Waals surface area contributed by atoms with Crippen molar-refractivity contribution in [2.75, 3.05) is 6.54 Å². The van der Waals surface area contributed by atoms with E-state index in [0.29, 0.717) is 13.2 Å². The average molecular weight is 247 g/mol. The van der Waals surface area contributed by atoms with Gasteiger partial charge in [-0.1, -0.05) is 30.3 Å². The molecule has 1 heterocycles. The van der Waals surface area contributed by atoms with E-state index in [9.17, 15) is 0 Å². The highest BCUT2D eigenvalue weighted by Crippen LogP contribution is 2.22. The molecule has 90 valence electrons. The maximum Gasteiger partial charge on any atom is 0.0954 e. The van der Waals surface area contributed by atoms with Crippen molar-refractivity contribution in [2.45, 2.75) is 19.6 Å². The fourth-order valence-corrected chi connectivity index (χ4v) is 2.44. The van der Waals surface area contributed by atoms with Gasteiger partial charge in [0.25, 0.3) is 0 Å². The molecule has 1 atom stereocenters. The van der Waals surface area contributed by atoms with Crippen LogP contribution in [0.3, 0.4) is 0 Å². The highest BCUT2D eigenvalue weighted by atomic mass is 32.1. The average Bonchev–Trinajstić information content (AvgIpc) is 2.85. The van der Waals surface area contributed by atoms with Crippen LogP contribution in [0.1, 0.15) is 22.1 Å². The number of hydrogen-bond acceptors (Lipinski definition) is 3. The van der Waals surface area contributed by atoms with Gasteiger partial charge in [0, 0.05) is 11.4 Å². The Bertz CT molecular complexity index is 453. The first-order chi connectivity index (χ1) is 8.31. The Morgan fingerprint density at radius 3 is 2.71 bits per heavy atom. The standard InChI is InChI=1S/C14H17NOS/c1-11-5-2-3-7-13(11)14(9-15)16-10-12-6-4-8-17-12/h2-8,14H,9-10,15H2,1H3. The van der Waals surface area contributed by atoms with Crippen molar-refractivity contribution >= 4 is 11.3 Å². The molecule has 0 aliphatic rings. The summed E-state index contributed by atoms with van der Waals surface area (Å²) in [5, 5.41) is 2.06. The van der Waals surface area contributed by atoms with Gasteiger partial charge in [-0.25, -0.2) is 0 Å². The van der Waals surface area contributed by atoms with Crippen molar-refractivity contribution in [1.82, 2.24) is 0 Å². The Hall–Kier alpha value is -1.16. The molecule has 1 aromatic carbocycles. The maximum absolute atomic E-state index is 5.89. The van der Waals surface area contributed by atoms with Gasteiger partial charge < -0.3 is 10.5 Å². The van der Waals surface area contributed by atoms with Crippen molar-refractivity contribution < 1.29 is 4.74 Å². The SMILES string of the molecule is Cc1ccccc1C(CN)OCc1cccs1. The monoisotopic (exact) mass is 247 g/mol. The van der Waals surface area contributed by atoms with Gasteiger partial charge in [0.05, 0.1) is 12.7 Å². The number of rotatable bonds is 5.